The van der Waals surface area contributed by atoms with Crippen LogP contribution in [0.1, 0.15) is 23.6 Å². The van der Waals surface area contributed by atoms with Crippen LogP contribution in [0.3, 0.4) is 0 Å². The van der Waals surface area contributed by atoms with Gasteiger partial charge in [-0.2, -0.15) is 0 Å². The number of aromatic nitrogens is 1. The predicted octanol–water partition coefficient (Wildman–Crippen LogP) is 3.24. The van der Waals surface area contributed by atoms with Crippen LogP contribution in [0, 0.1) is 0 Å². The van der Waals surface area contributed by atoms with E-state index < -0.39 is 5.97 Å². The maximum absolute atomic E-state index is 10.8. The van der Waals surface area contributed by atoms with Crippen LogP contribution in [-0.2, 0) is 11.2 Å². The number of ether oxygens (including phenoxy) is 1. The minimum Gasteiger partial charge on any atom is -0.480 e. The van der Waals surface area contributed by atoms with Crippen LogP contribution in [0.5, 0.6) is 5.75 Å². The van der Waals surface area contributed by atoms with Gasteiger partial charge >= 0.3 is 5.97 Å². The quantitative estimate of drug-likeness (QED) is 0.688. The first-order valence-corrected chi connectivity index (χ1v) is 7.98. The Morgan fingerprint density at radius 2 is 2.04 bits per heavy atom. The number of nitrogens with two attached hydrogens (primary N) is 1. The van der Waals surface area contributed by atoms with Gasteiger partial charge in [-0.25, -0.2) is 4.79 Å². The van der Waals surface area contributed by atoms with Crippen molar-refractivity contribution in [2.45, 2.75) is 18.9 Å². The molecule has 0 fully saturated rings. The minimum absolute atomic E-state index is 0.00653. The fraction of sp³-hybridized carbons (Fsp3) is 0.211. The lowest BCUT2D eigenvalue weighted by atomic mass is 9.87. The van der Waals surface area contributed by atoms with Crippen LogP contribution in [0.15, 0.2) is 42.5 Å². The van der Waals surface area contributed by atoms with Crippen molar-refractivity contribution < 1.29 is 14.6 Å². The Hall–Kier alpha value is -2.79. The molecule has 0 saturated carbocycles. The molecule has 1 atom stereocenters. The third-order valence-corrected chi connectivity index (χ3v) is 4.57. The molecule has 0 amide bonds. The van der Waals surface area contributed by atoms with Gasteiger partial charge in [-0.15, -0.1) is 0 Å². The fourth-order valence-corrected chi connectivity index (χ4v) is 3.50. The van der Waals surface area contributed by atoms with Crippen LogP contribution >= 0.6 is 0 Å². The van der Waals surface area contributed by atoms with Crippen molar-refractivity contribution in [3.63, 3.8) is 0 Å². The van der Waals surface area contributed by atoms with Crippen LogP contribution in [0.25, 0.3) is 22.2 Å². The number of benzene rings is 2. The van der Waals surface area contributed by atoms with Gasteiger partial charge in [0.15, 0.2) is 6.61 Å². The minimum atomic E-state index is -0.994. The summed E-state index contributed by atoms with van der Waals surface area (Å²) in [5, 5.41) is 9.96. The summed E-state index contributed by atoms with van der Waals surface area (Å²) in [6.07, 6.45) is 1.79. The molecule has 1 aliphatic rings. The summed E-state index contributed by atoms with van der Waals surface area (Å²) in [6, 6.07) is 13.9. The van der Waals surface area contributed by atoms with Gasteiger partial charge in [0.05, 0.1) is 5.52 Å². The lowest BCUT2D eigenvalue weighted by Crippen LogP contribution is -2.16. The molecule has 5 nitrogen and oxygen atoms in total. The summed E-state index contributed by atoms with van der Waals surface area (Å²) in [7, 11) is 0. The number of carbonyl (C=O) groups is 1. The number of aryl methyl sites for hydroxylation is 1. The van der Waals surface area contributed by atoms with E-state index in [1.807, 2.05) is 24.3 Å². The van der Waals surface area contributed by atoms with Crippen molar-refractivity contribution in [2.24, 2.45) is 5.73 Å². The van der Waals surface area contributed by atoms with E-state index in [1.54, 1.807) is 6.07 Å². The Morgan fingerprint density at radius 1 is 1.25 bits per heavy atom. The molecule has 4 N–H and O–H groups in total. The molecule has 1 aromatic heterocycles. The summed E-state index contributed by atoms with van der Waals surface area (Å²) >= 11 is 0. The zero-order chi connectivity index (χ0) is 16.7. The van der Waals surface area contributed by atoms with Gasteiger partial charge in [-0.3, -0.25) is 0 Å². The van der Waals surface area contributed by atoms with Crippen LogP contribution < -0.4 is 10.5 Å². The highest BCUT2D eigenvalue weighted by molar-refractivity contribution is 5.98. The van der Waals surface area contributed by atoms with Gasteiger partial charge in [0.25, 0.3) is 0 Å². The molecule has 0 aliphatic heterocycles. The SMILES string of the molecule is NC1CCc2c(-c3ccccc3)[nH]c3c(OCC(=O)O)ccc1c23. The van der Waals surface area contributed by atoms with Crippen molar-refractivity contribution in [1.29, 1.82) is 0 Å². The molecule has 122 valence electrons. The molecule has 3 aromatic rings. The Labute approximate surface area is 139 Å². The normalized spacial score (nSPS) is 16.3. The number of hydrogen-bond acceptors (Lipinski definition) is 3. The molecule has 5 heteroatoms. The van der Waals surface area contributed by atoms with E-state index in [0.717, 1.165) is 40.6 Å². The van der Waals surface area contributed by atoms with Gasteiger partial charge in [-0.05, 0) is 35.6 Å². The first kappa shape index (κ1) is 14.8. The summed E-state index contributed by atoms with van der Waals surface area (Å²) < 4.78 is 5.47. The summed E-state index contributed by atoms with van der Waals surface area (Å²) in [4.78, 5) is 14.3. The lowest BCUT2D eigenvalue weighted by Gasteiger charge is -2.21. The van der Waals surface area contributed by atoms with Crippen LogP contribution in [0.4, 0.5) is 0 Å². The third kappa shape index (κ3) is 2.34. The van der Waals surface area contributed by atoms with Crippen molar-refractivity contribution in [3.8, 4) is 17.0 Å². The van der Waals surface area contributed by atoms with Crippen molar-refractivity contribution in [1.82, 2.24) is 4.98 Å². The molecular formula is C19H18N2O3. The molecule has 2 aromatic carbocycles. The van der Waals surface area contributed by atoms with Crippen LogP contribution in [-0.4, -0.2) is 22.7 Å². The largest absolute Gasteiger partial charge is 0.480 e. The zero-order valence-electron chi connectivity index (χ0n) is 13.1. The molecule has 0 saturated heterocycles. The molecule has 24 heavy (non-hydrogen) atoms. The standard InChI is InChI=1S/C19H18N2O3/c20-14-8-6-13-17-12(14)7-9-15(24-10-16(22)23)19(17)21-18(13)11-4-2-1-3-5-11/h1-5,7,9,14,21H,6,8,10,20H2,(H,22,23). The van der Waals surface area contributed by atoms with Crippen LogP contribution in [0.2, 0.25) is 0 Å². The highest BCUT2D eigenvalue weighted by Gasteiger charge is 2.25. The number of carboxylic acids is 1. The number of carboxylic acid groups (broad SMARTS) is 1. The number of rotatable bonds is 4. The molecule has 1 unspecified atom stereocenters. The Kier molecular flexibility index (Phi) is 3.50. The molecule has 0 spiro atoms. The van der Waals surface area contributed by atoms with Crippen molar-refractivity contribution in [3.05, 3.63) is 53.6 Å². The third-order valence-electron chi connectivity index (χ3n) is 4.57. The highest BCUT2D eigenvalue weighted by atomic mass is 16.5. The highest BCUT2D eigenvalue weighted by Crippen LogP contribution is 2.43. The van der Waals surface area contributed by atoms with Gasteiger partial charge in [-0.1, -0.05) is 36.4 Å². The summed E-state index contributed by atoms with van der Waals surface area (Å²) in [5.41, 5.74) is 11.6. The number of aromatic amines is 1. The van der Waals surface area contributed by atoms with E-state index in [0.29, 0.717) is 5.75 Å². The maximum atomic E-state index is 10.8. The van der Waals surface area contributed by atoms with Gasteiger partial charge in [0.2, 0.25) is 0 Å². The Morgan fingerprint density at radius 3 is 2.79 bits per heavy atom. The second-order valence-corrected chi connectivity index (χ2v) is 6.08. The fourth-order valence-electron chi connectivity index (χ4n) is 3.50. The van der Waals surface area contributed by atoms with E-state index in [4.69, 9.17) is 15.6 Å². The van der Waals surface area contributed by atoms with E-state index in [2.05, 4.69) is 17.1 Å². The lowest BCUT2D eigenvalue weighted by molar-refractivity contribution is -0.139. The average Bonchev–Trinajstić information content (AvgIpc) is 2.98. The van der Waals surface area contributed by atoms with E-state index in [-0.39, 0.29) is 12.6 Å². The summed E-state index contributed by atoms with van der Waals surface area (Å²) in [5.74, 6) is -0.445. The first-order valence-electron chi connectivity index (χ1n) is 7.98. The first-order chi connectivity index (χ1) is 11.6. The molecular weight excluding hydrogens is 304 g/mol. The number of hydrogen-bond donors (Lipinski definition) is 3. The number of aliphatic carboxylic acids is 1. The summed E-state index contributed by atoms with van der Waals surface area (Å²) in [6.45, 7) is -0.366. The second kappa shape index (κ2) is 5.69. The monoisotopic (exact) mass is 322 g/mol. The molecule has 1 heterocycles. The van der Waals surface area contributed by atoms with Gasteiger partial charge in [0.1, 0.15) is 5.75 Å². The van der Waals surface area contributed by atoms with Gasteiger partial charge < -0.3 is 20.6 Å². The Bertz CT molecular complexity index is 915. The smallest absolute Gasteiger partial charge is 0.341 e. The molecule has 1 aliphatic carbocycles. The molecule has 0 radical (unpaired) electrons. The Balaban J connectivity index is 1.94. The molecule has 4 rings (SSSR count). The van der Waals surface area contributed by atoms with Gasteiger partial charge in [0, 0.05) is 17.1 Å². The predicted molar refractivity (Wildman–Crippen MR) is 92.1 cm³/mol. The topological polar surface area (TPSA) is 88.3 Å². The number of H-pyrrole nitrogens is 1. The van der Waals surface area contributed by atoms with E-state index >= 15 is 0 Å². The zero-order valence-corrected chi connectivity index (χ0v) is 13.1. The van der Waals surface area contributed by atoms with Crippen molar-refractivity contribution >= 4 is 16.9 Å². The molecule has 0 bridgehead atoms. The maximum Gasteiger partial charge on any atom is 0.341 e. The second-order valence-electron chi connectivity index (χ2n) is 6.08. The van der Waals surface area contributed by atoms with E-state index in [9.17, 15) is 4.79 Å². The average molecular weight is 322 g/mol. The van der Waals surface area contributed by atoms with Crippen molar-refractivity contribution in [2.75, 3.05) is 6.61 Å². The van der Waals surface area contributed by atoms with E-state index in [1.165, 1.54) is 5.56 Å². The number of nitrogens with one attached hydrogen (secondary N) is 1.